The number of nitrogens with one attached hydrogen (secondary N) is 1. The zero-order chi connectivity index (χ0) is 15.9. The van der Waals surface area contributed by atoms with E-state index in [0.717, 1.165) is 11.1 Å². The lowest BCUT2D eigenvalue weighted by Crippen LogP contribution is -2.26. The van der Waals surface area contributed by atoms with E-state index in [1.54, 1.807) is 12.1 Å². The van der Waals surface area contributed by atoms with Crippen LogP contribution in [0.25, 0.3) is 0 Å². The average Bonchev–Trinajstić information content (AvgIpc) is 2.53. The second-order valence-electron chi connectivity index (χ2n) is 5.15. The fraction of sp³-hybridized carbons (Fsp3) is 0.222. The van der Waals surface area contributed by atoms with Gasteiger partial charge in [-0.3, -0.25) is 4.79 Å². The summed E-state index contributed by atoms with van der Waals surface area (Å²) in [7, 11) is 0. The maximum absolute atomic E-state index is 12.0. The van der Waals surface area contributed by atoms with Crippen molar-refractivity contribution in [3.05, 3.63) is 70.2 Å². The standard InChI is InChI=1S/C18H17ClN2O/c1-13(16-8-5-15(12-20)6-9-16)21-18(22)10-7-14-3-2-4-17(19)11-14/h2-6,8-9,11,13H,7,10H2,1H3,(H,21,22). The van der Waals surface area contributed by atoms with Crippen molar-refractivity contribution in [2.75, 3.05) is 0 Å². The van der Waals surface area contributed by atoms with Gasteiger partial charge in [0, 0.05) is 11.4 Å². The van der Waals surface area contributed by atoms with E-state index in [2.05, 4.69) is 11.4 Å². The van der Waals surface area contributed by atoms with Gasteiger partial charge in [0.15, 0.2) is 0 Å². The number of nitrogens with zero attached hydrogens (tertiary/aromatic N) is 1. The molecule has 0 aliphatic carbocycles. The van der Waals surface area contributed by atoms with Crippen molar-refractivity contribution < 1.29 is 4.79 Å². The summed E-state index contributed by atoms with van der Waals surface area (Å²) in [4.78, 5) is 12.0. The molecule has 2 aromatic rings. The molecule has 0 saturated carbocycles. The van der Waals surface area contributed by atoms with Crippen LogP contribution in [-0.4, -0.2) is 5.91 Å². The Morgan fingerprint density at radius 1 is 1.27 bits per heavy atom. The quantitative estimate of drug-likeness (QED) is 0.906. The molecule has 0 aromatic heterocycles. The predicted molar refractivity (Wildman–Crippen MR) is 87.5 cm³/mol. The van der Waals surface area contributed by atoms with Gasteiger partial charge in [0.1, 0.15) is 0 Å². The van der Waals surface area contributed by atoms with E-state index < -0.39 is 0 Å². The van der Waals surface area contributed by atoms with Crippen molar-refractivity contribution >= 4 is 17.5 Å². The number of hydrogen-bond acceptors (Lipinski definition) is 2. The molecule has 1 N–H and O–H groups in total. The molecular weight excluding hydrogens is 296 g/mol. The zero-order valence-electron chi connectivity index (χ0n) is 12.3. The number of rotatable bonds is 5. The first-order valence-corrected chi connectivity index (χ1v) is 7.50. The van der Waals surface area contributed by atoms with Gasteiger partial charge in [-0.2, -0.15) is 5.26 Å². The van der Waals surface area contributed by atoms with Crippen LogP contribution >= 0.6 is 11.6 Å². The SMILES string of the molecule is CC(NC(=O)CCc1cccc(Cl)c1)c1ccc(C#N)cc1. The maximum Gasteiger partial charge on any atom is 0.220 e. The number of aryl methyl sites for hydroxylation is 1. The van der Waals surface area contributed by atoms with Crippen LogP contribution in [-0.2, 0) is 11.2 Å². The molecular formula is C18H17ClN2O. The smallest absolute Gasteiger partial charge is 0.220 e. The highest BCUT2D eigenvalue weighted by Gasteiger charge is 2.09. The van der Waals surface area contributed by atoms with Gasteiger partial charge >= 0.3 is 0 Å². The Kier molecular flexibility index (Phi) is 5.57. The molecule has 2 aromatic carbocycles. The highest BCUT2D eigenvalue weighted by molar-refractivity contribution is 6.30. The Hall–Kier alpha value is -2.31. The number of amides is 1. The molecule has 0 aliphatic rings. The Balaban J connectivity index is 1.87. The number of hydrogen-bond donors (Lipinski definition) is 1. The Bertz CT molecular complexity index is 689. The van der Waals surface area contributed by atoms with E-state index in [1.807, 2.05) is 43.3 Å². The summed E-state index contributed by atoms with van der Waals surface area (Å²) in [5.41, 5.74) is 2.65. The van der Waals surface area contributed by atoms with Gasteiger partial charge in [0.2, 0.25) is 5.91 Å². The number of halogens is 1. The molecule has 0 radical (unpaired) electrons. The fourth-order valence-electron chi connectivity index (χ4n) is 2.19. The monoisotopic (exact) mass is 312 g/mol. The first-order chi connectivity index (χ1) is 10.6. The summed E-state index contributed by atoms with van der Waals surface area (Å²) in [6.45, 7) is 1.93. The topological polar surface area (TPSA) is 52.9 Å². The lowest BCUT2D eigenvalue weighted by atomic mass is 10.1. The van der Waals surface area contributed by atoms with Crippen LogP contribution in [0.4, 0.5) is 0 Å². The van der Waals surface area contributed by atoms with E-state index in [1.165, 1.54) is 0 Å². The molecule has 4 heteroatoms. The van der Waals surface area contributed by atoms with Crippen LogP contribution in [0.2, 0.25) is 5.02 Å². The Morgan fingerprint density at radius 3 is 2.64 bits per heavy atom. The van der Waals surface area contributed by atoms with Crippen molar-refractivity contribution in [2.24, 2.45) is 0 Å². The molecule has 0 heterocycles. The summed E-state index contributed by atoms with van der Waals surface area (Å²) in [6.07, 6.45) is 1.08. The minimum absolute atomic E-state index is 0.00293. The number of nitriles is 1. The number of carbonyl (C=O) groups excluding carboxylic acids is 1. The summed E-state index contributed by atoms with van der Waals surface area (Å²) in [5, 5.41) is 12.4. The molecule has 0 saturated heterocycles. The molecule has 1 amide bonds. The molecule has 0 bridgehead atoms. The van der Waals surface area contributed by atoms with Gasteiger partial charge in [-0.05, 0) is 48.7 Å². The summed E-state index contributed by atoms with van der Waals surface area (Å²) in [6, 6.07) is 16.8. The number of benzene rings is 2. The van der Waals surface area contributed by atoms with Crippen molar-refractivity contribution in [3.8, 4) is 6.07 Å². The third-order valence-corrected chi connectivity index (χ3v) is 3.68. The zero-order valence-corrected chi connectivity index (χ0v) is 13.1. The fourth-order valence-corrected chi connectivity index (χ4v) is 2.41. The molecule has 22 heavy (non-hydrogen) atoms. The van der Waals surface area contributed by atoms with Crippen molar-refractivity contribution in [1.82, 2.24) is 5.32 Å². The van der Waals surface area contributed by atoms with Gasteiger partial charge in [-0.1, -0.05) is 35.9 Å². The minimum atomic E-state index is -0.0837. The normalized spacial score (nSPS) is 11.5. The maximum atomic E-state index is 12.0. The van der Waals surface area contributed by atoms with E-state index in [0.29, 0.717) is 23.4 Å². The van der Waals surface area contributed by atoms with Gasteiger partial charge < -0.3 is 5.32 Å². The van der Waals surface area contributed by atoms with Crippen LogP contribution in [0.15, 0.2) is 48.5 Å². The van der Waals surface area contributed by atoms with Gasteiger partial charge in [0.05, 0.1) is 17.7 Å². The van der Waals surface area contributed by atoms with Crippen LogP contribution in [0.1, 0.15) is 36.1 Å². The highest BCUT2D eigenvalue weighted by Crippen LogP contribution is 2.15. The number of carbonyl (C=O) groups is 1. The van der Waals surface area contributed by atoms with E-state index >= 15 is 0 Å². The lowest BCUT2D eigenvalue weighted by Gasteiger charge is -2.14. The summed E-state index contributed by atoms with van der Waals surface area (Å²) >= 11 is 5.93. The largest absolute Gasteiger partial charge is 0.350 e. The third-order valence-electron chi connectivity index (χ3n) is 3.45. The van der Waals surface area contributed by atoms with Crippen LogP contribution in [0.5, 0.6) is 0 Å². The van der Waals surface area contributed by atoms with Crippen molar-refractivity contribution in [1.29, 1.82) is 5.26 Å². The van der Waals surface area contributed by atoms with Crippen LogP contribution in [0, 0.1) is 11.3 Å². The van der Waals surface area contributed by atoms with Crippen molar-refractivity contribution in [2.45, 2.75) is 25.8 Å². The molecule has 112 valence electrons. The van der Waals surface area contributed by atoms with Crippen LogP contribution in [0.3, 0.4) is 0 Å². The Labute approximate surface area is 135 Å². The van der Waals surface area contributed by atoms with E-state index in [9.17, 15) is 4.79 Å². The summed E-state index contributed by atoms with van der Waals surface area (Å²) < 4.78 is 0. The van der Waals surface area contributed by atoms with E-state index in [4.69, 9.17) is 16.9 Å². The molecule has 1 atom stereocenters. The second-order valence-corrected chi connectivity index (χ2v) is 5.59. The molecule has 1 unspecified atom stereocenters. The first-order valence-electron chi connectivity index (χ1n) is 7.12. The Morgan fingerprint density at radius 2 is 2.00 bits per heavy atom. The lowest BCUT2D eigenvalue weighted by molar-refractivity contribution is -0.121. The second kappa shape index (κ2) is 7.63. The van der Waals surface area contributed by atoms with Gasteiger partial charge in [0.25, 0.3) is 0 Å². The molecule has 0 spiro atoms. The predicted octanol–water partition coefficient (Wildman–Crippen LogP) is 4.02. The molecule has 2 rings (SSSR count). The summed E-state index contributed by atoms with van der Waals surface area (Å²) in [5.74, 6) is -0.00293. The first kappa shape index (κ1) is 16.1. The molecule has 0 fully saturated rings. The average molecular weight is 313 g/mol. The van der Waals surface area contributed by atoms with Crippen LogP contribution < -0.4 is 5.32 Å². The highest BCUT2D eigenvalue weighted by atomic mass is 35.5. The molecule has 3 nitrogen and oxygen atoms in total. The minimum Gasteiger partial charge on any atom is -0.350 e. The van der Waals surface area contributed by atoms with Gasteiger partial charge in [-0.15, -0.1) is 0 Å². The van der Waals surface area contributed by atoms with Crippen molar-refractivity contribution in [3.63, 3.8) is 0 Å². The third kappa shape index (κ3) is 4.61. The van der Waals surface area contributed by atoms with Gasteiger partial charge in [-0.25, -0.2) is 0 Å². The van der Waals surface area contributed by atoms with E-state index in [-0.39, 0.29) is 11.9 Å². The molecule has 0 aliphatic heterocycles.